The first-order chi connectivity index (χ1) is 23.1. The normalized spacial score (nSPS) is 13.7. The van der Waals surface area contributed by atoms with E-state index in [2.05, 4.69) is 153 Å². The van der Waals surface area contributed by atoms with Gasteiger partial charge in [0.25, 0.3) is 0 Å². The van der Waals surface area contributed by atoms with Gasteiger partial charge in [-0.2, -0.15) is 17.8 Å². The van der Waals surface area contributed by atoms with Gasteiger partial charge in [-0.3, -0.25) is 0 Å². The minimum atomic E-state index is -0.00910. The van der Waals surface area contributed by atoms with E-state index in [1.165, 1.54) is 33.5 Å². The van der Waals surface area contributed by atoms with Crippen LogP contribution in [0, 0.1) is 18.8 Å². The molecule has 0 atom stereocenters. The van der Waals surface area contributed by atoms with Gasteiger partial charge < -0.3 is 14.5 Å². The molecule has 2 aromatic heterocycles. The topological polar surface area (TPSA) is 46.4 Å². The Balaban J connectivity index is 0.00000486. The summed E-state index contributed by atoms with van der Waals surface area (Å²) >= 11 is 0. The number of rotatable bonds is 8. The average molecular weight is 848 g/mol. The quantitative estimate of drug-likeness (QED) is 0.146. The first kappa shape index (κ1) is 37.4. The first-order valence-corrected chi connectivity index (χ1v) is 17.5. The van der Waals surface area contributed by atoms with Crippen LogP contribution < -0.4 is 9.64 Å². The van der Waals surface area contributed by atoms with Gasteiger partial charge in [0.05, 0.1) is 0 Å². The minimum Gasteiger partial charge on any atom is -0.509 e. The number of aromatic nitrogens is 3. The molecule has 6 nitrogen and oxygen atoms in total. The summed E-state index contributed by atoms with van der Waals surface area (Å²) in [4.78, 5) is 9.01. The van der Waals surface area contributed by atoms with Crippen LogP contribution in [0.2, 0.25) is 0 Å². The molecule has 5 aromatic rings. The van der Waals surface area contributed by atoms with Crippen LogP contribution >= 0.6 is 0 Å². The van der Waals surface area contributed by atoms with Gasteiger partial charge in [0.2, 0.25) is 0 Å². The van der Waals surface area contributed by atoms with E-state index in [1.807, 2.05) is 29.2 Å². The number of benzene rings is 3. The maximum absolute atomic E-state index is 6.70. The predicted octanol–water partition coefficient (Wildman–Crippen LogP) is 11.3. The second kappa shape index (κ2) is 14.4. The summed E-state index contributed by atoms with van der Waals surface area (Å²) in [6, 6.07) is 24.5. The molecule has 7 heteroatoms. The summed E-state index contributed by atoms with van der Waals surface area (Å²) in [6.45, 7) is 26.7. The number of hydrogen-bond donors (Lipinski definition) is 0. The van der Waals surface area contributed by atoms with E-state index in [4.69, 9.17) is 9.84 Å². The molecule has 3 heterocycles. The van der Waals surface area contributed by atoms with E-state index in [0.29, 0.717) is 29.3 Å². The molecule has 0 radical (unpaired) electrons. The molecular formula is C43H50N5OPt-3. The number of nitrogens with zero attached hydrogens (tertiary/aromatic N) is 5. The second-order valence-electron chi connectivity index (χ2n) is 15.4. The van der Waals surface area contributed by atoms with E-state index < -0.39 is 0 Å². The molecule has 50 heavy (non-hydrogen) atoms. The van der Waals surface area contributed by atoms with Crippen LogP contribution in [-0.2, 0) is 26.5 Å². The summed E-state index contributed by atoms with van der Waals surface area (Å²) in [5.74, 6) is 3.11. The molecule has 0 bridgehead atoms. The molecule has 0 spiro atoms. The smallest absolute Gasteiger partial charge is 0.151 e. The fourth-order valence-corrected chi connectivity index (χ4v) is 6.45. The zero-order chi connectivity index (χ0) is 35.4. The molecule has 0 saturated heterocycles. The largest absolute Gasteiger partial charge is 0.509 e. The van der Waals surface area contributed by atoms with Crippen molar-refractivity contribution in [2.24, 2.45) is 0 Å². The standard InChI is InChI=1S/C43H50N5O.Pt/c1-26(2)32-19-38(27(3)4)42(39(20-32)28(5)6)33-17-35(47-25-46(12)29(7)30(47)8)22-37(18-33)49-36-14-13-31-24-45-48(40(31)23-36)41-21-34(15-16-44-41)43(9,10)11;/h13-21,24-28H,1-12H3;/q-3;. The summed E-state index contributed by atoms with van der Waals surface area (Å²) < 4.78 is 8.54. The third kappa shape index (κ3) is 7.28. The summed E-state index contributed by atoms with van der Waals surface area (Å²) in [7, 11) is 2.08. The number of anilines is 1. The number of ether oxygens (including phenoxy) is 1. The fraction of sp³-hybridized carbons (Fsp3) is 0.372. The molecule has 6 rings (SSSR count). The van der Waals surface area contributed by atoms with Gasteiger partial charge in [-0.25, -0.2) is 9.67 Å². The Labute approximate surface area is 313 Å². The van der Waals surface area contributed by atoms with E-state index in [9.17, 15) is 0 Å². The maximum Gasteiger partial charge on any atom is 0.151 e. The van der Waals surface area contributed by atoms with Crippen molar-refractivity contribution in [1.29, 1.82) is 0 Å². The monoisotopic (exact) mass is 847 g/mol. The molecule has 1 aliphatic heterocycles. The molecule has 3 aromatic carbocycles. The predicted molar refractivity (Wildman–Crippen MR) is 202 cm³/mol. The molecule has 0 saturated carbocycles. The van der Waals surface area contributed by atoms with Crippen molar-refractivity contribution in [3.8, 4) is 28.4 Å². The van der Waals surface area contributed by atoms with Gasteiger partial charge in [-0.05, 0) is 95.2 Å². The average Bonchev–Trinajstić information content (AvgIpc) is 3.59. The van der Waals surface area contributed by atoms with E-state index >= 15 is 0 Å². The Morgan fingerprint density at radius 1 is 0.800 bits per heavy atom. The van der Waals surface area contributed by atoms with Crippen LogP contribution in [0.5, 0.6) is 11.5 Å². The van der Waals surface area contributed by atoms with Gasteiger partial charge in [0.1, 0.15) is 0 Å². The molecule has 0 N–H and O–H groups in total. The zero-order valence-corrected chi connectivity index (χ0v) is 33.8. The third-order valence-electron chi connectivity index (χ3n) is 9.72. The number of pyridine rings is 1. The van der Waals surface area contributed by atoms with Crippen molar-refractivity contribution < 1.29 is 25.8 Å². The SMILES string of the molecule is CC1=C(C)N(c2[c-]c(Oc3[c-]c4c(cc3)cnn4-c3cc(C(C)(C)C)ccn3)cc(-c3c(C(C)C)cc(C(C)C)cc3C(C)C)c2)[CH-]N1C.[Pt]. The number of fused-ring (bicyclic) bond motifs is 1. The molecule has 0 amide bonds. The van der Waals surface area contributed by atoms with Crippen molar-refractivity contribution in [3.05, 3.63) is 113 Å². The maximum atomic E-state index is 6.70. The summed E-state index contributed by atoms with van der Waals surface area (Å²) in [5.41, 5.74) is 11.8. The third-order valence-corrected chi connectivity index (χ3v) is 9.72. The number of hydrogen-bond acceptors (Lipinski definition) is 5. The van der Waals surface area contributed by atoms with Crippen molar-refractivity contribution in [1.82, 2.24) is 19.7 Å². The Kier molecular flexibility index (Phi) is 10.7. The number of allylic oxidation sites excluding steroid dienone is 2. The first-order valence-electron chi connectivity index (χ1n) is 17.5. The van der Waals surface area contributed by atoms with E-state index in [0.717, 1.165) is 33.7 Å². The van der Waals surface area contributed by atoms with Gasteiger partial charge >= 0.3 is 0 Å². The molecular weight excluding hydrogens is 798 g/mol. The van der Waals surface area contributed by atoms with Gasteiger partial charge in [-0.15, -0.1) is 41.6 Å². The minimum absolute atomic E-state index is 0. The van der Waals surface area contributed by atoms with Crippen molar-refractivity contribution >= 4 is 16.6 Å². The fourth-order valence-electron chi connectivity index (χ4n) is 6.45. The molecule has 0 aliphatic carbocycles. The Hall–Kier alpha value is -3.89. The van der Waals surface area contributed by atoms with E-state index in [-0.39, 0.29) is 26.5 Å². The van der Waals surface area contributed by atoms with Crippen molar-refractivity contribution in [2.45, 2.75) is 99.3 Å². The van der Waals surface area contributed by atoms with Crippen LogP contribution in [0.4, 0.5) is 5.69 Å². The summed E-state index contributed by atoms with van der Waals surface area (Å²) in [5, 5.41) is 5.66. The molecule has 266 valence electrons. The Morgan fingerprint density at radius 3 is 2.06 bits per heavy atom. The van der Waals surface area contributed by atoms with E-state index in [1.54, 1.807) is 0 Å². The zero-order valence-electron chi connectivity index (χ0n) is 31.5. The van der Waals surface area contributed by atoms with Crippen LogP contribution in [0.1, 0.15) is 116 Å². The van der Waals surface area contributed by atoms with Crippen LogP contribution in [0.15, 0.2) is 72.3 Å². The molecule has 0 fully saturated rings. The van der Waals surface area contributed by atoms with Gasteiger partial charge in [-0.1, -0.05) is 79.8 Å². The second-order valence-corrected chi connectivity index (χ2v) is 15.4. The van der Waals surface area contributed by atoms with Crippen LogP contribution in [0.25, 0.3) is 27.8 Å². The van der Waals surface area contributed by atoms with Crippen molar-refractivity contribution in [2.75, 3.05) is 11.9 Å². The van der Waals surface area contributed by atoms with Crippen LogP contribution in [-0.4, -0.2) is 26.7 Å². The molecule has 1 aliphatic rings. The van der Waals surface area contributed by atoms with Gasteiger partial charge in [0, 0.05) is 50.7 Å². The van der Waals surface area contributed by atoms with Crippen LogP contribution in [0.3, 0.4) is 0 Å². The Morgan fingerprint density at radius 2 is 1.48 bits per heavy atom. The molecule has 0 unspecified atom stereocenters. The Bertz CT molecular complexity index is 2020. The van der Waals surface area contributed by atoms with Crippen molar-refractivity contribution in [3.63, 3.8) is 0 Å². The van der Waals surface area contributed by atoms with Gasteiger partial charge in [0.15, 0.2) is 5.82 Å². The summed E-state index contributed by atoms with van der Waals surface area (Å²) in [6.07, 6.45) is 3.70.